The Hall–Kier alpha value is -4.17. The zero-order valence-corrected chi connectivity index (χ0v) is 18.5. The second-order valence-corrected chi connectivity index (χ2v) is 7.35. The molecule has 0 saturated carbocycles. The molecule has 3 aromatic carbocycles. The summed E-state index contributed by atoms with van der Waals surface area (Å²) in [5, 5.41) is 33.1. The zero-order valence-electron chi connectivity index (χ0n) is 18.5. The Morgan fingerprint density at radius 1 is 0.472 bits per heavy atom. The van der Waals surface area contributed by atoms with Crippen LogP contribution in [0.2, 0.25) is 0 Å². The summed E-state index contributed by atoms with van der Waals surface area (Å²) in [5.41, 5.74) is 0.177. The van der Waals surface area contributed by atoms with Crippen LogP contribution in [-0.2, 0) is 14.5 Å². The van der Waals surface area contributed by atoms with Gasteiger partial charge >= 0.3 is 17.9 Å². The summed E-state index contributed by atoms with van der Waals surface area (Å²) < 4.78 is 0. The van der Waals surface area contributed by atoms with Gasteiger partial charge in [-0.05, 0) is 51.6 Å². The normalized spacial score (nSPS) is 20.9. The maximum Gasteiger partial charge on any atom is 0.357 e. The lowest BCUT2D eigenvalue weighted by molar-refractivity contribution is -0.502. The van der Waals surface area contributed by atoms with Crippen molar-refractivity contribution in [2.45, 2.75) is 19.1 Å². The summed E-state index contributed by atoms with van der Waals surface area (Å²) in [5.74, 6) is -3.02. The van der Waals surface area contributed by atoms with Crippen LogP contribution in [0.1, 0.15) is 31.1 Å². The fraction of sp³-hybridized carbons (Fsp3) is 0.125. The van der Waals surface area contributed by atoms with Gasteiger partial charge in [-0.25, -0.2) is 14.4 Å². The number of nitrogens with zero attached hydrogens (tertiary/aromatic N) is 3. The Bertz CT molecular complexity index is 1030. The predicted octanol–water partition coefficient (Wildman–Crippen LogP) is 1.05. The van der Waals surface area contributed by atoms with E-state index in [1.165, 1.54) is 36.4 Å². The smallest absolute Gasteiger partial charge is 0.357 e. The summed E-state index contributed by atoms with van der Waals surface area (Å²) >= 11 is 0. The van der Waals surface area contributed by atoms with E-state index in [2.05, 4.69) is 0 Å². The van der Waals surface area contributed by atoms with Gasteiger partial charge in [-0.2, -0.15) is 0 Å². The van der Waals surface area contributed by atoms with Gasteiger partial charge in [0, 0.05) is 0 Å². The fourth-order valence-electron chi connectivity index (χ4n) is 3.15. The number of carbonyl (C=O) groups excluding carboxylic acids is 3. The Labute approximate surface area is 204 Å². The summed E-state index contributed by atoms with van der Waals surface area (Å²) in [6.45, 7) is 0. The van der Waals surface area contributed by atoms with Crippen molar-refractivity contribution in [3.05, 3.63) is 108 Å². The van der Waals surface area contributed by atoms with Crippen LogP contribution in [0.4, 0.5) is 0 Å². The van der Waals surface area contributed by atoms with E-state index in [9.17, 15) is 29.7 Å². The van der Waals surface area contributed by atoms with Crippen molar-refractivity contribution >= 4 is 17.9 Å². The molecule has 0 atom stereocenters. The van der Waals surface area contributed by atoms with Crippen molar-refractivity contribution in [1.82, 2.24) is 15.2 Å². The molecule has 12 heteroatoms. The molecular formula is C24H21N3O9. The number of benzene rings is 3. The van der Waals surface area contributed by atoms with Gasteiger partial charge in [0.25, 0.3) is 0 Å². The Balaban J connectivity index is 1.61. The average Bonchev–Trinajstić information content (AvgIpc) is 2.92. The Kier molecular flexibility index (Phi) is 7.65. The minimum atomic E-state index is -2.21. The highest BCUT2D eigenvalue weighted by Gasteiger charge is 2.52. The molecule has 1 heterocycles. The van der Waals surface area contributed by atoms with Crippen LogP contribution in [-0.4, -0.2) is 67.5 Å². The highest BCUT2D eigenvalue weighted by Crippen LogP contribution is 2.26. The molecule has 186 valence electrons. The standard InChI is InChI=1S/C24H21N3O9/c28-19(16-10-4-1-5-11-16)34-25-22(31)26(35-20(29)17-12-6-2-7-13-17)24(33)27(23(25)32)36-21(30)18-14-8-3-9-15-18/h1-15,22-24,31-33H. The zero-order chi connectivity index (χ0) is 25.7. The van der Waals surface area contributed by atoms with Crippen LogP contribution in [0.25, 0.3) is 0 Å². The molecule has 0 spiro atoms. The van der Waals surface area contributed by atoms with Crippen molar-refractivity contribution in [2.75, 3.05) is 0 Å². The first-order valence-electron chi connectivity index (χ1n) is 10.6. The van der Waals surface area contributed by atoms with Gasteiger partial charge in [0.1, 0.15) is 0 Å². The monoisotopic (exact) mass is 495 g/mol. The Morgan fingerprint density at radius 2 is 0.694 bits per heavy atom. The highest BCUT2D eigenvalue weighted by atomic mass is 16.8. The molecule has 0 radical (unpaired) electrons. The number of aliphatic hydroxyl groups excluding tert-OH is 3. The second-order valence-electron chi connectivity index (χ2n) is 7.35. The van der Waals surface area contributed by atoms with Gasteiger partial charge in [0.2, 0.25) is 19.1 Å². The van der Waals surface area contributed by atoms with Crippen LogP contribution >= 0.6 is 0 Å². The molecule has 0 amide bonds. The molecule has 4 rings (SSSR count). The lowest BCUT2D eigenvalue weighted by Crippen LogP contribution is -2.71. The highest BCUT2D eigenvalue weighted by molar-refractivity contribution is 5.90. The van der Waals surface area contributed by atoms with E-state index < -0.39 is 37.0 Å². The molecule has 36 heavy (non-hydrogen) atoms. The third-order valence-corrected chi connectivity index (χ3v) is 4.96. The van der Waals surface area contributed by atoms with E-state index in [0.29, 0.717) is 0 Å². The van der Waals surface area contributed by atoms with Gasteiger partial charge in [0.05, 0.1) is 16.7 Å². The Morgan fingerprint density at radius 3 is 0.917 bits per heavy atom. The number of hydrogen-bond acceptors (Lipinski definition) is 12. The lowest BCUT2D eigenvalue weighted by atomic mass is 10.2. The van der Waals surface area contributed by atoms with E-state index in [1.807, 2.05) is 0 Å². The molecule has 0 bridgehead atoms. The second kappa shape index (κ2) is 11.0. The molecule has 0 aliphatic carbocycles. The number of carbonyl (C=O) groups is 3. The van der Waals surface area contributed by atoms with Crippen molar-refractivity contribution in [3.63, 3.8) is 0 Å². The van der Waals surface area contributed by atoms with Crippen molar-refractivity contribution in [3.8, 4) is 0 Å². The minimum Gasteiger partial charge on any atom is -0.360 e. The quantitative estimate of drug-likeness (QED) is 0.449. The SMILES string of the molecule is O=C(ON1C(O)N(OC(=O)c2ccccc2)C(O)N(OC(=O)c2ccccc2)C1O)c1ccccc1. The van der Waals surface area contributed by atoms with Gasteiger partial charge in [-0.15, -0.1) is 0 Å². The molecule has 1 fully saturated rings. The van der Waals surface area contributed by atoms with E-state index in [1.54, 1.807) is 54.6 Å². The van der Waals surface area contributed by atoms with Gasteiger partial charge in [-0.3, -0.25) is 0 Å². The van der Waals surface area contributed by atoms with Crippen LogP contribution in [0.15, 0.2) is 91.0 Å². The maximum absolute atomic E-state index is 12.6. The van der Waals surface area contributed by atoms with Crippen LogP contribution in [0.3, 0.4) is 0 Å². The fourth-order valence-corrected chi connectivity index (χ4v) is 3.15. The van der Waals surface area contributed by atoms with Crippen molar-refractivity contribution in [2.24, 2.45) is 0 Å². The van der Waals surface area contributed by atoms with E-state index in [0.717, 1.165) is 0 Å². The van der Waals surface area contributed by atoms with Crippen molar-refractivity contribution < 1.29 is 44.2 Å². The molecule has 12 nitrogen and oxygen atoms in total. The van der Waals surface area contributed by atoms with E-state index in [4.69, 9.17) is 14.5 Å². The van der Waals surface area contributed by atoms with Crippen LogP contribution in [0, 0.1) is 0 Å². The molecule has 0 unspecified atom stereocenters. The molecule has 1 aliphatic rings. The van der Waals surface area contributed by atoms with E-state index in [-0.39, 0.29) is 31.9 Å². The van der Waals surface area contributed by atoms with E-state index >= 15 is 0 Å². The van der Waals surface area contributed by atoms with Crippen molar-refractivity contribution in [1.29, 1.82) is 0 Å². The molecule has 0 aromatic heterocycles. The number of hydrogen-bond donors (Lipinski definition) is 3. The number of hydroxylamine groups is 6. The third-order valence-electron chi connectivity index (χ3n) is 4.96. The first-order valence-corrected chi connectivity index (χ1v) is 10.6. The first kappa shape index (κ1) is 24.9. The van der Waals surface area contributed by atoms with Crippen LogP contribution in [0.5, 0.6) is 0 Å². The molecule has 3 aromatic rings. The minimum absolute atomic E-state index is 0.0590. The topological polar surface area (TPSA) is 149 Å². The maximum atomic E-state index is 12.6. The summed E-state index contributed by atoms with van der Waals surface area (Å²) in [6, 6.07) is 22.8. The summed E-state index contributed by atoms with van der Waals surface area (Å²) in [4.78, 5) is 53.1. The largest absolute Gasteiger partial charge is 0.360 e. The molecule has 1 aliphatic heterocycles. The third kappa shape index (κ3) is 5.39. The number of rotatable bonds is 6. The van der Waals surface area contributed by atoms with Crippen LogP contribution < -0.4 is 0 Å². The first-order chi connectivity index (χ1) is 17.4. The van der Waals surface area contributed by atoms with Gasteiger partial charge < -0.3 is 29.8 Å². The molecule has 1 saturated heterocycles. The van der Waals surface area contributed by atoms with Gasteiger partial charge in [-0.1, -0.05) is 54.6 Å². The molecule has 3 N–H and O–H groups in total. The average molecular weight is 495 g/mol. The van der Waals surface area contributed by atoms with Gasteiger partial charge in [0.15, 0.2) is 0 Å². The molecular weight excluding hydrogens is 474 g/mol. The summed E-state index contributed by atoms with van der Waals surface area (Å²) in [7, 11) is 0. The predicted molar refractivity (Wildman–Crippen MR) is 119 cm³/mol. The lowest BCUT2D eigenvalue weighted by Gasteiger charge is -2.46. The number of aliphatic hydroxyl groups is 3. The summed E-state index contributed by atoms with van der Waals surface area (Å²) in [6.07, 6.45) is -6.62.